The number of ether oxygens (including phenoxy) is 1. The average Bonchev–Trinajstić information content (AvgIpc) is 2.96. The predicted molar refractivity (Wildman–Crippen MR) is 86.9 cm³/mol. The van der Waals surface area contributed by atoms with Crippen LogP contribution in [-0.2, 0) is 0 Å². The summed E-state index contributed by atoms with van der Waals surface area (Å²) in [5.41, 5.74) is 0.914. The highest BCUT2D eigenvalue weighted by atomic mass is 16.5. The molecule has 3 rings (SSSR count). The van der Waals surface area contributed by atoms with Gasteiger partial charge in [-0.15, -0.1) is 4.52 Å². The second-order valence-electron chi connectivity index (χ2n) is 5.33. The predicted octanol–water partition coefficient (Wildman–Crippen LogP) is 1.90. The van der Waals surface area contributed by atoms with Crippen molar-refractivity contribution in [2.24, 2.45) is 4.99 Å². The number of hydrogen-bond acceptors (Lipinski definition) is 4. The number of aliphatic imine (C=N–C) groups is 1. The highest BCUT2D eigenvalue weighted by Gasteiger charge is 2.20. The number of hydrogen-bond donors (Lipinski definition) is 1. The van der Waals surface area contributed by atoms with E-state index in [-0.39, 0.29) is 6.10 Å². The van der Waals surface area contributed by atoms with Crippen LogP contribution in [0.2, 0.25) is 0 Å². The molecule has 3 aromatic rings. The Bertz CT molecular complexity index is 812. The van der Waals surface area contributed by atoms with Gasteiger partial charge in [0, 0.05) is 20.2 Å². The van der Waals surface area contributed by atoms with Crippen LogP contribution < -0.4 is 9.25 Å². The third kappa shape index (κ3) is 3.45. The summed E-state index contributed by atoms with van der Waals surface area (Å²) < 4.78 is 7.76. The topological polar surface area (TPSA) is 70.5 Å². The van der Waals surface area contributed by atoms with Crippen molar-refractivity contribution in [3.63, 3.8) is 0 Å². The van der Waals surface area contributed by atoms with E-state index in [4.69, 9.17) is 4.74 Å². The van der Waals surface area contributed by atoms with Gasteiger partial charge >= 0.3 is 11.7 Å². The quantitative estimate of drug-likeness (QED) is 0.444. The van der Waals surface area contributed by atoms with E-state index in [1.54, 1.807) is 17.1 Å². The Kier molecular flexibility index (Phi) is 4.18. The number of nitrogens with zero attached hydrogens (tertiary/aromatic N) is 5. The van der Waals surface area contributed by atoms with E-state index in [9.17, 15) is 0 Å². The van der Waals surface area contributed by atoms with Crippen molar-refractivity contribution in [1.82, 2.24) is 20.0 Å². The summed E-state index contributed by atoms with van der Waals surface area (Å²) in [6, 6.07) is 11.6. The van der Waals surface area contributed by atoms with Crippen molar-refractivity contribution in [1.29, 1.82) is 0 Å². The summed E-state index contributed by atoms with van der Waals surface area (Å²) in [6.45, 7) is 1.98. The summed E-state index contributed by atoms with van der Waals surface area (Å²) in [5.74, 6) is 1.86. The van der Waals surface area contributed by atoms with Gasteiger partial charge in [-0.25, -0.2) is 0 Å². The molecule has 1 atom stereocenters. The van der Waals surface area contributed by atoms with Crippen LogP contribution in [0.1, 0.15) is 18.7 Å². The van der Waals surface area contributed by atoms with E-state index in [1.165, 1.54) is 0 Å². The molecule has 118 valence electrons. The molecule has 0 unspecified atom stereocenters. The maximum atomic E-state index is 5.97. The lowest BCUT2D eigenvalue weighted by Crippen LogP contribution is -2.32. The van der Waals surface area contributed by atoms with E-state index < -0.39 is 0 Å². The maximum Gasteiger partial charge on any atom is 0.459 e. The van der Waals surface area contributed by atoms with E-state index in [0.29, 0.717) is 11.7 Å². The van der Waals surface area contributed by atoms with Crippen LogP contribution in [0.5, 0.6) is 5.75 Å². The van der Waals surface area contributed by atoms with Crippen molar-refractivity contribution in [3.8, 4) is 5.75 Å². The number of aromatic nitrogens is 4. The molecule has 1 aromatic carbocycles. The lowest BCUT2D eigenvalue weighted by Gasteiger charge is -2.13. The van der Waals surface area contributed by atoms with Gasteiger partial charge in [0.15, 0.2) is 6.10 Å². The zero-order chi connectivity index (χ0) is 16.2. The average molecular weight is 311 g/mol. The Hall–Kier alpha value is -2.96. The van der Waals surface area contributed by atoms with E-state index >= 15 is 0 Å². The van der Waals surface area contributed by atoms with Crippen LogP contribution in [0.25, 0.3) is 5.78 Å². The smallest absolute Gasteiger partial charge is 0.459 e. The van der Waals surface area contributed by atoms with E-state index in [2.05, 4.69) is 20.1 Å². The molecule has 2 aromatic heterocycles. The molecule has 0 amide bonds. The summed E-state index contributed by atoms with van der Waals surface area (Å²) >= 11 is 0. The fourth-order valence-corrected chi connectivity index (χ4v) is 2.15. The number of H-pyrrole nitrogens is 1. The van der Waals surface area contributed by atoms with Gasteiger partial charge in [0.05, 0.1) is 6.34 Å². The highest BCUT2D eigenvalue weighted by Crippen LogP contribution is 2.19. The SMILES string of the molecule is C[C@H](Oc1ccccc1)c1ccnc2nc(N=CN(C)C)[nH][n+]12. The Morgan fingerprint density at radius 1 is 1.26 bits per heavy atom. The zero-order valence-corrected chi connectivity index (χ0v) is 13.3. The molecule has 1 N–H and O–H groups in total. The number of fused-ring (bicyclic) bond motifs is 1. The fourth-order valence-electron chi connectivity index (χ4n) is 2.15. The normalized spacial score (nSPS) is 12.7. The summed E-state index contributed by atoms with van der Waals surface area (Å²) in [5, 5.41) is 3.12. The molecule has 0 saturated carbocycles. The molecule has 0 fully saturated rings. The lowest BCUT2D eigenvalue weighted by atomic mass is 10.2. The molecular formula is C16H19N6O+. The van der Waals surface area contributed by atoms with Crippen molar-refractivity contribution in [3.05, 3.63) is 48.3 Å². The molecule has 2 heterocycles. The van der Waals surface area contributed by atoms with Gasteiger partial charge in [0.25, 0.3) is 0 Å². The molecule has 0 spiro atoms. The fraction of sp³-hybridized carbons (Fsp3) is 0.250. The lowest BCUT2D eigenvalue weighted by molar-refractivity contribution is -0.591. The molecule has 0 saturated heterocycles. The first kappa shape index (κ1) is 15.0. The second-order valence-corrected chi connectivity index (χ2v) is 5.33. The van der Waals surface area contributed by atoms with Gasteiger partial charge in [-0.3, -0.25) is 0 Å². The molecular weight excluding hydrogens is 292 g/mol. The summed E-state index contributed by atoms with van der Waals surface area (Å²) in [6.07, 6.45) is 3.23. The van der Waals surface area contributed by atoms with Crippen molar-refractivity contribution in [2.45, 2.75) is 13.0 Å². The van der Waals surface area contributed by atoms with Crippen LogP contribution in [-0.4, -0.2) is 40.4 Å². The van der Waals surface area contributed by atoms with E-state index in [1.807, 2.05) is 62.3 Å². The molecule has 0 aliphatic rings. The maximum absolute atomic E-state index is 5.97. The Labute approximate surface area is 134 Å². The number of nitrogens with one attached hydrogen (secondary N) is 1. The Morgan fingerprint density at radius 2 is 2.04 bits per heavy atom. The third-order valence-corrected chi connectivity index (χ3v) is 3.19. The minimum absolute atomic E-state index is 0.168. The first-order valence-corrected chi connectivity index (χ1v) is 7.32. The molecule has 7 nitrogen and oxygen atoms in total. The Balaban J connectivity index is 1.91. The number of benzene rings is 1. The minimum Gasteiger partial charge on any atom is -0.483 e. The first-order valence-electron chi connectivity index (χ1n) is 7.32. The van der Waals surface area contributed by atoms with Crippen LogP contribution >= 0.6 is 0 Å². The number of para-hydroxylation sites is 1. The summed E-state index contributed by atoms with van der Waals surface area (Å²) in [7, 11) is 3.80. The van der Waals surface area contributed by atoms with Gasteiger partial charge in [0.1, 0.15) is 17.6 Å². The molecule has 0 radical (unpaired) electrons. The largest absolute Gasteiger partial charge is 0.483 e. The van der Waals surface area contributed by atoms with Crippen LogP contribution in [0, 0.1) is 0 Å². The molecule has 0 aliphatic carbocycles. The Morgan fingerprint density at radius 3 is 2.78 bits per heavy atom. The zero-order valence-electron chi connectivity index (χ0n) is 13.3. The van der Waals surface area contributed by atoms with Gasteiger partial charge < -0.3 is 9.64 Å². The van der Waals surface area contributed by atoms with Crippen molar-refractivity contribution in [2.75, 3.05) is 14.1 Å². The van der Waals surface area contributed by atoms with Crippen LogP contribution in [0.15, 0.2) is 47.6 Å². The van der Waals surface area contributed by atoms with Gasteiger partial charge in [-0.1, -0.05) is 23.2 Å². The molecule has 0 aliphatic heterocycles. The summed E-state index contributed by atoms with van der Waals surface area (Å²) in [4.78, 5) is 14.7. The van der Waals surface area contributed by atoms with Crippen LogP contribution in [0.3, 0.4) is 0 Å². The molecule has 23 heavy (non-hydrogen) atoms. The molecule has 0 bridgehead atoms. The number of rotatable bonds is 5. The minimum atomic E-state index is -0.168. The van der Waals surface area contributed by atoms with Crippen molar-refractivity contribution >= 4 is 18.1 Å². The van der Waals surface area contributed by atoms with Gasteiger partial charge in [-0.05, 0) is 24.0 Å². The monoisotopic (exact) mass is 311 g/mol. The number of aromatic amines is 1. The van der Waals surface area contributed by atoms with Gasteiger partial charge in [-0.2, -0.15) is 10.1 Å². The first-order chi connectivity index (χ1) is 11.1. The highest BCUT2D eigenvalue weighted by molar-refractivity contribution is 5.57. The third-order valence-electron chi connectivity index (χ3n) is 3.19. The standard InChI is InChI=1S/C16H18N6O/c1-12(23-13-7-5-4-6-8-13)14-9-10-17-16-19-15(20-22(14)16)18-11-21(2)3/h4-12H,1-3H3/p+1/t12-/m0/s1. The van der Waals surface area contributed by atoms with Crippen LogP contribution in [0.4, 0.5) is 5.95 Å². The van der Waals surface area contributed by atoms with Gasteiger partial charge in [0.2, 0.25) is 0 Å². The van der Waals surface area contributed by atoms with Crippen molar-refractivity contribution < 1.29 is 9.25 Å². The van der Waals surface area contributed by atoms with E-state index in [0.717, 1.165) is 11.4 Å². The molecule has 7 heteroatoms. The second kappa shape index (κ2) is 6.43.